The molecule has 14 heavy (non-hydrogen) atoms. The topological polar surface area (TPSA) is 26.0 Å². The van der Waals surface area contributed by atoms with Crippen molar-refractivity contribution >= 4 is 27.7 Å². The average molecular weight is 274 g/mol. The quantitative estimate of drug-likeness (QED) is 0.848. The fourth-order valence-corrected chi connectivity index (χ4v) is 2.64. The van der Waals surface area contributed by atoms with E-state index in [-0.39, 0.29) is 0 Å². The summed E-state index contributed by atoms with van der Waals surface area (Å²) in [5, 5.41) is 0. The normalized spacial score (nSPS) is 12.9. The zero-order valence-electron chi connectivity index (χ0n) is 8.59. The second-order valence-electron chi connectivity index (χ2n) is 3.26. The Balaban J connectivity index is 2.88. The second-order valence-corrected chi connectivity index (χ2v) is 5.42. The zero-order chi connectivity index (χ0) is 10.6. The van der Waals surface area contributed by atoms with E-state index >= 15 is 0 Å². The molecule has 1 aromatic rings. The van der Waals surface area contributed by atoms with Crippen LogP contribution in [0, 0.1) is 0 Å². The molecule has 1 unspecified atom stereocenters. The molecule has 0 saturated heterocycles. The van der Waals surface area contributed by atoms with Gasteiger partial charge in [-0.2, -0.15) is 0 Å². The summed E-state index contributed by atoms with van der Waals surface area (Å²) in [6, 6.07) is 6.51. The van der Waals surface area contributed by atoms with Gasteiger partial charge in [-0.25, -0.2) is 0 Å². The number of hydrogen-bond acceptors (Lipinski definition) is 2. The summed E-state index contributed by atoms with van der Waals surface area (Å²) >= 11 is 5.44. The lowest BCUT2D eigenvalue weighted by Crippen LogP contribution is -2.08. The third kappa shape index (κ3) is 3.01. The molecular formula is C11H16BrNS. The molecule has 78 valence electrons. The minimum Gasteiger partial charge on any atom is -0.330 e. The Kier molecular flexibility index (Phi) is 4.99. The molecule has 0 aliphatic heterocycles. The molecule has 1 rings (SSSR count). The predicted octanol–water partition coefficient (Wildman–Crippen LogP) is 3.62. The highest BCUT2D eigenvalue weighted by Gasteiger charge is 2.06. The summed E-state index contributed by atoms with van der Waals surface area (Å²) in [5.41, 5.74) is 6.94. The summed E-state index contributed by atoms with van der Waals surface area (Å²) < 4.78 is 1.18. The zero-order valence-corrected chi connectivity index (χ0v) is 11.0. The van der Waals surface area contributed by atoms with Crippen molar-refractivity contribution in [1.82, 2.24) is 0 Å². The number of thioether (sulfide) groups is 1. The first-order valence-electron chi connectivity index (χ1n) is 4.81. The molecular weight excluding hydrogens is 258 g/mol. The Morgan fingerprint density at radius 2 is 2.21 bits per heavy atom. The highest BCUT2D eigenvalue weighted by molar-refractivity contribution is 9.10. The second kappa shape index (κ2) is 5.79. The fraction of sp³-hybridized carbons (Fsp3) is 0.455. The molecule has 1 atom stereocenters. The fourth-order valence-electron chi connectivity index (χ4n) is 1.23. The summed E-state index contributed by atoms with van der Waals surface area (Å²) in [7, 11) is 0. The standard InChI is InChI=1S/C11H16BrNS/c1-3-14-11-5-4-9(6-10(11)12)8(2)7-13/h4-6,8H,3,7,13H2,1-2H3. The Morgan fingerprint density at radius 1 is 1.50 bits per heavy atom. The molecule has 1 aromatic carbocycles. The van der Waals surface area contributed by atoms with Gasteiger partial charge >= 0.3 is 0 Å². The van der Waals surface area contributed by atoms with Crippen molar-refractivity contribution in [2.24, 2.45) is 5.73 Å². The van der Waals surface area contributed by atoms with Crippen LogP contribution in [0.3, 0.4) is 0 Å². The van der Waals surface area contributed by atoms with Crippen LogP contribution in [0.15, 0.2) is 27.6 Å². The van der Waals surface area contributed by atoms with Crippen molar-refractivity contribution in [1.29, 1.82) is 0 Å². The van der Waals surface area contributed by atoms with Crippen LogP contribution in [0.5, 0.6) is 0 Å². The summed E-state index contributed by atoms with van der Waals surface area (Å²) in [4.78, 5) is 1.31. The molecule has 0 aliphatic carbocycles. The molecule has 1 nitrogen and oxygen atoms in total. The Morgan fingerprint density at radius 3 is 2.71 bits per heavy atom. The third-order valence-corrected chi connectivity index (χ3v) is 4.05. The maximum absolute atomic E-state index is 5.63. The van der Waals surface area contributed by atoms with Gasteiger partial charge in [-0.1, -0.05) is 19.9 Å². The smallest absolute Gasteiger partial charge is 0.0314 e. The van der Waals surface area contributed by atoms with Crippen LogP contribution in [0.1, 0.15) is 25.3 Å². The van der Waals surface area contributed by atoms with Crippen LogP contribution in [-0.4, -0.2) is 12.3 Å². The first-order valence-corrected chi connectivity index (χ1v) is 6.59. The monoisotopic (exact) mass is 273 g/mol. The molecule has 0 saturated carbocycles. The van der Waals surface area contributed by atoms with Gasteiger partial charge in [0.2, 0.25) is 0 Å². The summed E-state index contributed by atoms with van der Waals surface area (Å²) in [6.45, 7) is 5.01. The molecule has 0 aromatic heterocycles. The van der Waals surface area contributed by atoms with Crippen molar-refractivity contribution in [2.45, 2.75) is 24.7 Å². The average Bonchev–Trinajstić information content (AvgIpc) is 2.20. The molecule has 0 spiro atoms. The van der Waals surface area contributed by atoms with Crippen molar-refractivity contribution in [3.63, 3.8) is 0 Å². The summed E-state index contributed by atoms with van der Waals surface area (Å²) in [6.07, 6.45) is 0. The molecule has 0 heterocycles. The molecule has 0 fully saturated rings. The van der Waals surface area contributed by atoms with E-state index in [1.165, 1.54) is 14.9 Å². The predicted molar refractivity (Wildman–Crippen MR) is 68.0 cm³/mol. The van der Waals surface area contributed by atoms with E-state index in [4.69, 9.17) is 5.73 Å². The SMILES string of the molecule is CCSc1ccc(C(C)CN)cc1Br. The third-order valence-electron chi connectivity index (χ3n) is 2.18. The first kappa shape index (κ1) is 12.1. The van der Waals surface area contributed by atoms with E-state index in [9.17, 15) is 0 Å². The van der Waals surface area contributed by atoms with E-state index < -0.39 is 0 Å². The number of nitrogens with two attached hydrogens (primary N) is 1. The van der Waals surface area contributed by atoms with Gasteiger partial charge in [-0.3, -0.25) is 0 Å². The maximum atomic E-state index is 5.63. The number of benzene rings is 1. The van der Waals surface area contributed by atoms with Crippen LogP contribution >= 0.6 is 27.7 Å². The largest absolute Gasteiger partial charge is 0.330 e. The lowest BCUT2D eigenvalue weighted by molar-refractivity contribution is 0.772. The van der Waals surface area contributed by atoms with Crippen molar-refractivity contribution in [2.75, 3.05) is 12.3 Å². The highest BCUT2D eigenvalue weighted by Crippen LogP contribution is 2.30. The molecule has 0 amide bonds. The molecule has 0 radical (unpaired) electrons. The number of halogens is 1. The van der Waals surface area contributed by atoms with Gasteiger partial charge < -0.3 is 5.73 Å². The van der Waals surface area contributed by atoms with Crippen LogP contribution in [0.25, 0.3) is 0 Å². The molecule has 0 bridgehead atoms. The Bertz CT molecular complexity index is 301. The van der Waals surface area contributed by atoms with E-state index in [0.29, 0.717) is 12.5 Å². The lowest BCUT2D eigenvalue weighted by Gasteiger charge is -2.11. The van der Waals surface area contributed by atoms with E-state index in [1.807, 2.05) is 11.8 Å². The number of rotatable bonds is 4. The molecule has 0 aliphatic rings. The van der Waals surface area contributed by atoms with Crippen LogP contribution in [0.2, 0.25) is 0 Å². The minimum atomic E-state index is 0.437. The summed E-state index contributed by atoms with van der Waals surface area (Å²) in [5.74, 6) is 1.54. The molecule has 2 N–H and O–H groups in total. The van der Waals surface area contributed by atoms with Crippen LogP contribution in [-0.2, 0) is 0 Å². The van der Waals surface area contributed by atoms with Crippen molar-refractivity contribution in [3.8, 4) is 0 Å². The van der Waals surface area contributed by atoms with E-state index in [0.717, 1.165) is 5.75 Å². The van der Waals surface area contributed by atoms with Gasteiger partial charge in [0.15, 0.2) is 0 Å². The Labute approximate surface area is 98.6 Å². The van der Waals surface area contributed by atoms with Gasteiger partial charge in [0.05, 0.1) is 0 Å². The van der Waals surface area contributed by atoms with Crippen LogP contribution in [0.4, 0.5) is 0 Å². The van der Waals surface area contributed by atoms with Gasteiger partial charge in [0, 0.05) is 9.37 Å². The minimum absolute atomic E-state index is 0.437. The van der Waals surface area contributed by atoms with Gasteiger partial charge in [0.25, 0.3) is 0 Å². The van der Waals surface area contributed by atoms with Gasteiger partial charge in [0.1, 0.15) is 0 Å². The van der Waals surface area contributed by atoms with Gasteiger partial charge in [-0.15, -0.1) is 11.8 Å². The number of hydrogen-bond donors (Lipinski definition) is 1. The van der Waals surface area contributed by atoms with Gasteiger partial charge in [-0.05, 0) is 51.8 Å². The maximum Gasteiger partial charge on any atom is 0.0314 e. The highest BCUT2D eigenvalue weighted by atomic mass is 79.9. The van der Waals surface area contributed by atoms with Crippen LogP contribution < -0.4 is 5.73 Å². The first-order chi connectivity index (χ1) is 6.69. The van der Waals surface area contributed by atoms with Crippen molar-refractivity contribution in [3.05, 3.63) is 28.2 Å². The Hall–Kier alpha value is 0.01000. The lowest BCUT2D eigenvalue weighted by atomic mass is 10.0. The van der Waals surface area contributed by atoms with Crippen molar-refractivity contribution < 1.29 is 0 Å². The van der Waals surface area contributed by atoms with E-state index in [2.05, 4.69) is 48.0 Å². The molecule has 3 heteroatoms. The van der Waals surface area contributed by atoms with E-state index in [1.54, 1.807) is 0 Å².